The van der Waals surface area contributed by atoms with Gasteiger partial charge in [0.05, 0.1) is 23.0 Å². The first kappa shape index (κ1) is 22.2. The first-order valence-electron chi connectivity index (χ1n) is 9.14. The highest BCUT2D eigenvalue weighted by Crippen LogP contribution is 2.40. The Morgan fingerprint density at radius 3 is 2.63 bits per heavy atom. The molecule has 2 N–H and O–H groups in total. The van der Waals surface area contributed by atoms with Crippen LogP contribution in [0.5, 0.6) is 0 Å². The summed E-state index contributed by atoms with van der Waals surface area (Å²) >= 11 is 7.41. The number of esters is 1. The number of aromatic nitrogens is 2. The molecule has 2 atom stereocenters. The van der Waals surface area contributed by atoms with Crippen molar-refractivity contribution in [1.82, 2.24) is 20.0 Å². The highest BCUT2D eigenvalue weighted by atomic mass is 35.5. The van der Waals surface area contributed by atoms with Gasteiger partial charge in [0.25, 0.3) is 5.91 Å². The molecule has 30 heavy (non-hydrogen) atoms. The van der Waals surface area contributed by atoms with Gasteiger partial charge in [0.1, 0.15) is 23.7 Å². The van der Waals surface area contributed by atoms with Crippen LogP contribution in [-0.4, -0.2) is 67.3 Å². The number of β-lactam (4-membered cyclic amide) rings is 1. The molecule has 1 aromatic rings. The number of nitrogens with zero attached hydrogens (tertiary/aromatic N) is 3. The number of carbonyl (C=O) groups excluding carboxylic acids is 3. The summed E-state index contributed by atoms with van der Waals surface area (Å²) in [5.41, 5.74) is 1.59. The van der Waals surface area contributed by atoms with Crippen LogP contribution in [0.4, 0.5) is 0 Å². The molecule has 0 radical (unpaired) electrons. The molecule has 0 aliphatic carbocycles. The SMILES string of the molecule is CC(=O)OCC1=C(C(=O)O)N2C(=O)[C@H](NC(=O)CCn3nc(C)c(Cl)c3C)[C@@H]2SC1. The number of carboxylic acid groups (broad SMARTS) is 1. The standard InChI is InChI=1S/C18H21ClN4O6S/c1-8-13(19)9(2)22(21-8)5-4-12(25)20-14-16(26)23-15(18(27)28)11(6-29-10(3)24)7-30-17(14)23/h14,17H,4-7H2,1-3H3,(H,20,25)(H,27,28)/t14-,17-/m0/s1. The van der Waals surface area contributed by atoms with Crippen LogP contribution in [0.1, 0.15) is 24.7 Å². The number of ether oxygens (including phenoxy) is 1. The second kappa shape index (κ2) is 8.68. The van der Waals surface area contributed by atoms with Crippen LogP contribution in [0.2, 0.25) is 5.02 Å². The largest absolute Gasteiger partial charge is 0.477 e. The van der Waals surface area contributed by atoms with Crippen LogP contribution in [0, 0.1) is 13.8 Å². The summed E-state index contributed by atoms with van der Waals surface area (Å²) in [4.78, 5) is 48.8. The quantitative estimate of drug-likeness (QED) is 0.456. The van der Waals surface area contributed by atoms with Crippen LogP contribution >= 0.6 is 23.4 Å². The number of aryl methyl sites for hydroxylation is 2. The Hall–Kier alpha value is -2.53. The number of rotatable bonds is 7. The highest BCUT2D eigenvalue weighted by molar-refractivity contribution is 8.00. The summed E-state index contributed by atoms with van der Waals surface area (Å²) in [6.07, 6.45) is 0.0960. The van der Waals surface area contributed by atoms with E-state index >= 15 is 0 Å². The Morgan fingerprint density at radius 1 is 1.37 bits per heavy atom. The van der Waals surface area contributed by atoms with Gasteiger partial charge in [-0.3, -0.25) is 24.0 Å². The number of hydrogen-bond acceptors (Lipinski definition) is 7. The molecular formula is C18H21ClN4O6S. The molecule has 10 nitrogen and oxygen atoms in total. The van der Waals surface area contributed by atoms with E-state index in [1.165, 1.54) is 18.7 Å². The molecule has 0 spiro atoms. The molecule has 0 bridgehead atoms. The highest BCUT2D eigenvalue weighted by Gasteiger charge is 2.54. The Bertz CT molecular complexity index is 959. The fourth-order valence-electron chi connectivity index (χ4n) is 3.33. The van der Waals surface area contributed by atoms with Crippen molar-refractivity contribution in [2.75, 3.05) is 12.4 Å². The zero-order valence-electron chi connectivity index (χ0n) is 16.6. The number of hydrogen-bond donors (Lipinski definition) is 2. The fourth-order valence-corrected chi connectivity index (χ4v) is 4.79. The van der Waals surface area contributed by atoms with Crippen molar-refractivity contribution in [3.63, 3.8) is 0 Å². The monoisotopic (exact) mass is 456 g/mol. The second-order valence-electron chi connectivity index (χ2n) is 6.95. The van der Waals surface area contributed by atoms with Crippen LogP contribution in [0.15, 0.2) is 11.3 Å². The molecule has 2 amide bonds. The van der Waals surface area contributed by atoms with E-state index in [-0.39, 0.29) is 30.4 Å². The molecule has 0 aromatic carbocycles. The third-order valence-electron chi connectivity index (χ3n) is 4.86. The molecule has 1 aromatic heterocycles. The van der Waals surface area contributed by atoms with Crippen molar-refractivity contribution in [2.45, 2.75) is 45.2 Å². The van der Waals surface area contributed by atoms with E-state index in [0.717, 1.165) is 10.6 Å². The first-order valence-corrected chi connectivity index (χ1v) is 10.6. The van der Waals surface area contributed by atoms with E-state index in [0.29, 0.717) is 22.8 Å². The minimum Gasteiger partial charge on any atom is -0.477 e. The van der Waals surface area contributed by atoms with E-state index in [2.05, 4.69) is 10.4 Å². The fraction of sp³-hybridized carbons (Fsp3) is 0.500. The summed E-state index contributed by atoms with van der Waals surface area (Å²) in [6.45, 7) is 4.92. The topological polar surface area (TPSA) is 131 Å². The number of amides is 2. The van der Waals surface area contributed by atoms with Gasteiger partial charge in [-0.15, -0.1) is 11.8 Å². The summed E-state index contributed by atoms with van der Waals surface area (Å²) in [6, 6.07) is -0.809. The molecule has 0 unspecified atom stereocenters. The molecule has 2 aliphatic heterocycles. The van der Waals surface area contributed by atoms with Gasteiger partial charge in [0.2, 0.25) is 5.91 Å². The maximum atomic E-state index is 12.6. The Balaban J connectivity index is 1.63. The summed E-state index contributed by atoms with van der Waals surface area (Å²) < 4.78 is 6.52. The van der Waals surface area contributed by atoms with Crippen molar-refractivity contribution in [2.24, 2.45) is 0 Å². The summed E-state index contributed by atoms with van der Waals surface area (Å²) in [5.74, 6) is -2.39. The van der Waals surface area contributed by atoms with Crippen molar-refractivity contribution >= 4 is 47.1 Å². The molecule has 1 fully saturated rings. The van der Waals surface area contributed by atoms with E-state index in [1.807, 2.05) is 0 Å². The number of carboxylic acids is 1. The second-order valence-corrected chi connectivity index (χ2v) is 8.43. The van der Waals surface area contributed by atoms with E-state index in [9.17, 15) is 24.3 Å². The molecule has 3 heterocycles. The lowest BCUT2D eigenvalue weighted by Gasteiger charge is -2.49. The third kappa shape index (κ3) is 4.17. The van der Waals surface area contributed by atoms with E-state index < -0.39 is 29.3 Å². The van der Waals surface area contributed by atoms with Crippen molar-refractivity contribution < 1.29 is 29.0 Å². The zero-order valence-corrected chi connectivity index (χ0v) is 18.2. The van der Waals surface area contributed by atoms with Gasteiger partial charge in [-0.05, 0) is 13.8 Å². The number of thioether (sulfide) groups is 1. The predicted octanol–water partition coefficient (Wildman–Crippen LogP) is 0.845. The molecule has 2 aliphatic rings. The first-order chi connectivity index (χ1) is 14.1. The number of nitrogens with one attached hydrogen (secondary N) is 1. The van der Waals surface area contributed by atoms with E-state index in [1.54, 1.807) is 18.5 Å². The molecule has 1 saturated heterocycles. The number of halogens is 1. The van der Waals surface area contributed by atoms with Gasteiger partial charge in [0.15, 0.2) is 0 Å². The lowest BCUT2D eigenvalue weighted by atomic mass is 10.0. The maximum Gasteiger partial charge on any atom is 0.352 e. The van der Waals surface area contributed by atoms with E-state index in [4.69, 9.17) is 16.3 Å². The smallest absolute Gasteiger partial charge is 0.352 e. The van der Waals surface area contributed by atoms with Crippen LogP contribution in [-0.2, 0) is 30.5 Å². The lowest BCUT2D eigenvalue weighted by molar-refractivity contribution is -0.151. The zero-order chi connectivity index (χ0) is 22.2. The summed E-state index contributed by atoms with van der Waals surface area (Å²) in [5, 5.41) is 16.5. The lowest BCUT2D eigenvalue weighted by Crippen LogP contribution is -2.70. The van der Waals surface area contributed by atoms with Gasteiger partial charge in [0, 0.05) is 24.7 Å². The number of carbonyl (C=O) groups is 4. The normalized spacial score (nSPS) is 20.5. The molecule has 0 saturated carbocycles. The summed E-state index contributed by atoms with van der Waals surface area (Å²) in [7, 11) is 0. The van der Waals surface area contributed by atoms with Crippen LogP contribution in [0.3, 0.4) is 0 Å². The van der Waals surface area contributed by atoms with Gasteiger partial charge in [-0.1, -0.05) is 11.6 Å². The van der Waals surface area contributed by atoms with Crippen LogP contribution < -0.4 is 5.32 Å². The molecule has 3 rings (SSSR count). The Kier molecular flexibility index (Phi) is 6.41. The van der Waals surface area contributed by atoms with Gasteiger partial charge in [-0.25, -0.2) is 4.79 Å². The minimum atomic E-state index is -1.28. The number of aliphatic carboxylic acids is 1. The van der Waals surface area contributed by atoms with Gasteiger partial charge >= 0.3 is 11.9 Å². The van der Waals surface area contributed by atoms with Gasteiger partial charge in [-0.2, -0.15) is 5.10 Å². The molecule has 162 valence electrons. The predicted molar refractivity (Wildman–Crippen MR) is 108 cm³/mol. The third-order valence-corrected chi connectivity index (χ3v) is 6.75. The molecular weight excluding hydrogens is 436 g/mol. The van der Waals surface area contributed by atoms with Crippen molar-refractivity contribution in [1.29, 1.82) is 0 Å². The van der Waals surface area contributed by atoms with Crippen molar-refractivity contribution in [3.05, 3.63) is 27.7 Å². The van der Waals surface area contributed by atoms with Gasteiger partial charge < -0.3 is 15.2 Å². The number of fused-ring (bicyclic) bond motifs is 1. The average Bonchev–Trinajstić information content (AvgIpc) is 2.94. The Labute approximate surface area is 181 Å². The van der Waals surface area contributed by atoms with Crippen molar-refractivity contribution in [3.8, 4) is 0 Å². The Morgan fingerprint density at radius 2 is 2.07 bits per heavy atom. The molecule has 12 heteroatoms. The average molecular weight is 457 g/mol. The van der Waals surface area contributed by atoms with Crippen LogP contribution in [0.25, 0.3) is 0 Å². The minimum absolute atomic E-state index is 0.0960. The maximum absolute atomic E-state index is 12.6.